The third-order valence-electron chi connectivity index (χ3n) is 2.69. The Kier molecular flexibility index (Phi) is 3.09. The van der Waals surface area contributed by atoms with Crippen LogP contribution in [-0.4, -0.2) is 4.57 Å². The lowest BCUT2D eigenvalue weighted by molar-refractivity contribution is 0.624. The van der Waals surface area contributed by atoms with E-state index in [1.54, 1.807) is 12.3 Å². The third kappa shape index (κ3) is 2.44. The van der Waals surface area contributed by atoms with Crippen molar-refractivity contribution in [3.05, 3.63) is 63.8 Å². The number of benzene rings is 1. The van der Waals surface area contributed by atoms with Crippen LogP contribution in [0.2, 0.25) is 0 Å². The zero-order chi connectivity index (χ0) is 12.4. The molecule has 2 nitrogen and oxygen atoms in total. The monoisotopic (exact) mass is 231 g/mol. The topological polar surface area (TPSA) is 22.0 Å². The van der Waals surface area contributed by atoms with Gasteiger partial charge in [0.1, 0.15) is 5.82 Å². The number of hydrogen-bond acceptors (Lipinski definition) is 1. The molecular weight excluding hydrogens is 217 g/mol. The van der Waals surface area contributed by atoms with Gasteiger partial charge in [-0.2, -0.15) is 0 Å². The molecule has 0 unspecified atom stereocenters. The van der Waals surface area contributed by atoms with Gasteiger partial charge in [0.05, 0.1) is 5.69 Å². The van der Waals surface area contributed by atoms with Crippen molar-refractivity contribution in [1.29, 1.82) is 0 Å². The predicted molar refractivity (Wildman–Crippen MR) is 66.1 cm³/mol. The van der Waals surface area contributed by atoms with Crippen molar-refractivity contribution >= 4 is 0 Å². The Morgan fingerprint density at radius 2 is 2.00 bits per heavy atom. The Labute approximate surface area is 99.3 Å². The molecule has 0 aliphatic heterocycles. The average molecular weight is 231 g/mol. The summed E-state index contributed by atoms with van der Waals surface area (Å²) in [6.07, 6.45) is 2.46. The molecule has 0 saturated heterocycles. The van der Waals surface area contributed by atoms with E-state index in [0.29, 0.717) is 5.69 Å². The lowest BCUT2D eigenvalue weighted by Gasteiger charge is -2.08. The van der Waals surface area contributed by atoms with Gasteiger partial charge in [-0.3, -0.25) is 9.36 Å². The van der Waals surface area contributed by atoms with E-state index in [1.165, 1.54) is 22.8 Å². The predicted octanol–water partition coefficient (Wildman–Crippen LogP) is 2.85. The van der Waals surface area contributed by atoms with Crippen LogP contribution >= 0.6 is 0 Å². The third-order valence-corrected chi connectivity index (χ3v) is 2.69. The van der Waals surface area contributed by atoms with Gasteiger partial charge in [-0.1, -0.05) is 13.0 Å². The fourth-order valence-corrected chi connectivity index (χ4v) is 1.77. The Bertz CT molecular complexity index is 601. The molecule has 1 heterocycles. The number of rotatable bonds is 2. The molecule has 0 aliphatic rings. The Morgan fingerprint density at radius 3 is 2.71 bits per heavy atom. The second kappa shape index (κ2) is 4.53. The molecular formula is C14H14FNO. The van der Waals surface area contributed by atoms with Crippen molar-refractivity contribution < 1.29 is 4.39 Å². The number of halogens is 1. The summed E-state index contributed by atoms with van der Waals surface area (Å²) < 4.78 is 14.9. The summed E-state index contributed by atoms with van der Waals surface area (Å²) in [4.78, 5) is 11.7. The van der Waals surface area contributed by atoms with Gasteiger partial charge >= 0.3 is 0 Å². The average Bonchev–Trinajstić information content (AvgIpc) is 2.31. The van der Waals surface area contributed by atoms with E-state index in [4.69, 9.17) is 0 Å². The van der Waals surface area contributed by atoms with Crippen LogP contribution in [0.3, 0.4) is 0 Å². The standard InChI is InChI=1S/C14H14FNO/c1-3-11-6-12(15)8-13(7-11)16-9-10(2)4-5-14(16)17/h4-9H,3H2,1-2H3. The van der Waals surface area contributed by atoms with Gasteiger partial charge in [-0.25, -0.2) is 4.39 Å². The van der Waals surface area contributed by atoms with Crippen molar-refractivity contribution in [2.24, 2.45) is 0 Å². The highest BCUT2D eigenvalue weighted by atomic mass is 19.1. The number of aromatic nitrogens is 1. The summed E-state index contributed by atoms with van der Waals surface area (Å²) in [5.41, 5.74) is 2.28. The SMILES string of the molecule is CCc1cc(F)cc(-n2cc(C)ccc2=O)c1. The fraction of sp³-hybridized carbons (Fsp3) is 0.214. The van der Waals surface area contributed by atoms with Gasteiger partial charge in [-0.15, -0.1) is 0 Å². The van der Waals surface area contributed by atoms with Gasteiger partial charge in [0, 0.05) is 12.3 Å². The van der Waals surface area contributed by atoms with E-state index >= 15 is 0 Å². The number of aryl methyl sites for hydroxylation is 2. The van der Waals surface area contributed by atoms with Crippen LogP contribution in [0.15, 0.2) is 41.3 Å². The van der Waals surface area contributed by atoms with Crippen LogP contribution in [0.5, 0.6) is 0 Å². The van der Waals surface area contributed by atoms with Gasteiger partial charge < -0.3 is 0 Å². The maximum atomic E-state index is 13.4. The van der Waals surface area contributed by atoms with Crippen LogP contribution in [-0.2, 0) is 6.42 Å². The summed E-state index contributed by atoms with van der Waals surface area (Å²) in [5, 5.41) is 0. The molecule has 0 aliphatic carbocycles. The summed E-state index contributed by atoms with van der Waals surface area (Å²) in [7, 11) is 0. The molecule has 3 heteroatoms. The van der Waals surface area contributed by atoms with Crippen molar-refractivity contribution in [1.82, 2.24) is 4.57 Å². The van der Waals surface area contributed by atoms with Crippen LogP contribution < -0.4 is 5.56 Å². The van der Waals surface area contributed by atoms with E-state index in [2.05, 4.69) is 0 Å². The van der Waals surface area contributed by atoms with Crippen molar-refractivity contribution in [2.75, 3.05) is 0 Å². The van der Waals surface area contributed by atoms with Crippen molar-refractivity contribution in [2.45, 2.75) is 20.3 Å². The molecule has 0 fully saturated rings. The first-order chi connectivity index (χ1) is 8.10. The van der Waals surface area contributed by atoms with Gasteiger partial charge in [0.15, 0.2) is 0 Å². The molecule has 0 amide bonds. The minimum Gasteiger partial charge on any atom is -0.284 e. The lowest BCUT2D eigenvalue weighted by atomic mass is 10.1. The minimum atomic E-state index is -0.312. The molecule has 88 valence electrons. The van der Waals surface area contributed by atoms with Crippen LogP contribution in [0.1, 0.15) is 18.1 Å². The molecule has 0 atom stereocenters. The van der Waals surface area contributed by atoms with Gasteiger partial charge in [-0.05, 0) is 42.7 Å². The highest BCUT2D eigenvalue weighted by Crippen LogP contribution is 2.13. The van der Waals surface area contributed by atoms with Crippen molar-refractivity contribution in [3.63, 3.8) is 0 Å². The summed E-state index contributed by atoms with van der Waals surface area (Å²) in [5.74, 6) is -0.312. The Hall–Kier alpha value is -1.90. The molecule has 0 N–H and O–H groups in total. The van der Waals surface area contributed by atoms with E-state index < -0.39 is 0 Å². The fourth-order valence-electron chi connectivity index (χ4n) is 1.77. The largest absolute Gasteiger partial charge is 0.284 e. The van der Waals surface area contributed by atoms with E-state index in [1.807, 2.05) is 19.9 Å². The van der Waals surface area contributed by atoms with Gasteiger partial charge in [0.2, 0.25) is 0 Å². The molecule has 0 spiro atoms. The maximum absolute atomic E-state index is 13.4. The van der Waals surface area contributed by atoms with Crippen LogP contribution in [0.25, 0.3) is 5.69 Å². The van der Waals surface area contributed by atoms with E-state index in [-0.39, 0.29) is 11.4 Å². The molecule has 2 aromatic rings. The quantitative estimate of drug-likeness (QED) is 0.779. The molecule has 0 bridgehead atoms. The number of hydrogen-bond donors (Lipinski definition) is 0. The first kappa shape index (κ1) is 11.6. The second-order valence-corrected chi connectivity index (χ2v) is 4.09. The first-order valence-corrected chi connectivity index (χ1v) is 5.59. The molecule has 1 aromatic carbocycles. The zero-order valence-corrected chi connectivity index (χ0v) is 9.90. The van der Waals surface area contributed by atoms with Crippen LogP contribution in [0, 0.1) is 12.7 Å². The number of pyridine rings is 1. The van der Waals surface area contributed by atoms with E-state index in [9.17, 15) is 9.18 Å². The van der Waals surface area contributed by atoms with Crippen LogP contribution in [0.4, 0.5) is 4.39 Å². The molecule has 0 saturated carbocycles. The first-order valence-electron chi connectivity index (χ1n) is 5.59. The number of nitrogens with zero attached hydrogens (tertiary/aromatic N) is 1. The van der Waals surface area contributed by atoms with E-state index in [0.717, 1.165) is 17.5 Å². The Balaban J connectivity index is 2.63. The smallest absolute Gasteiger partial charge is 0.255 e. The minimum absolute atomic E-state index is 0.150. The normalized spacial score (nSPS) is 10.5. The summed E-state index contributed by atoms with van der Waals surface area (Å²) in [6, 6.07) is 7.94. The molecule has 1 aromatic heterocycles. The maximum Gasteiger partial charge on any atom is 0.255 e. The van der Waals surface area contributed by atoms with Gasteiger partial charge in [0.25, 0.3) is 5.56 Å². The second-order valence-electron chi connectivity index (χ2n) is 4.09. The Morgan fingerprint density at radius 1 is 1.24 bits per heavy atom. The van der Waals surface area contributed by atoms with Crippen molar-refractivity contribution in [3.8, 4) is 5.69 Å². The molecule has 2 rings (SSSR count). The highest BCUT2D eigenvalue weighted by molar-refractivity contribution is 5.37. The molecule has 17 heavy (non-hydrogen) atoms. The lowest BCUT2D eigenvalue weighted by Crippen LogP contribution is -2.16. The highest BCUT2D eigenvalue weighted by Gasteiger charge is 2.03. The summed E-state index contributed by atoms with van der Waals surface area (Å²) >= 11 is 0. The zero-order valence-electron chi connectivity index (χ0n) is 9.90. The summed E-state index contributed by atoms with van der Waals surface area (Å²) in [6.45, 7) is 3.85. The molecule has 0 radical (unpaired) electrons.